The molecule has 1 saturated heterocycles. The second-order valence-electron chi connectivity index (χ2n) is 4.24. The highest BCUT2D eigenvalue weighted by Crippen LogP contribution is 2.28. The SMILES string of the molecule is CC(C)c1[nH]c(C2CSCCO2)nc(=S)c1Br. The first-order valence-electron chi connectivity index (χ1n) is 5.58. The molecule has 0 aromatic carbocycles. The van der Waals surface area contributed by atoms with Crippen molar-refractivity contribution in [3.63, 3.8) is 0 Å². The average molecular weight is 335 g/mol. The number of nitrogens with one attached hydrogen (secondary N) is 1. The van der Waals surface area contributed by atoms with Crippen molar-refractivity contribution < 1.29 is 4.74 Å². The zero-order chi connectivity index (χ0) is 12.4. The molecule has 0 radical (unpaired) electrons. The fraction of sp³-hybridized carbons (Fsp3) is 0.636. The maximum Gasteiger partial charge on any atom is 0.144 e. The van der Waals surface area contributed by atoms with Crippen LogP contribution in [0.4, 0.5) is 0 Å². The summed E-state index contributed by atoms with van der Waals surface area (Å²) in [4.78, 5) is 7.77. The van der Waals surface area contributed by atoms with Crippen LogP contribution in [0.2, 0.25) is 0 Å². The van der Waals surface area contributed by atoms with Gasteiger partial charge in [-0.2, -0.15) is 11.8 Å². The molecule has 0 bridgehead atoms. The molecule has 1 aliphatic heterocycles. The summed E-state index contributed by atoms with van der Waals surface area (Å²) in [7, 11) is 0. The average Bonchev–Trinajstić information content (AvgIpc) is 2.33. The number of halogens is 1. The maximum absolute atomic E-state index is 5.72. The Labute approximate surface area is 119 Å². The summed E-state index contributed by atoms with van der Waals surface area (Å²) in [5.41, 5.74) is 1.10. The number of rotatable bonds is 2. The molecule has 2 heterocycles. The van der Waals surface area contributed by atoms with Gasteiger partial charge in [0.25, 0.3) is 0 Å². The second-order valence-corrected chi connectivity index (χ2v) is 6.57. The van der Waals surface area contributed by atoms with Gasteiger partial charge < -0.3 is 9.72 Å². The van der Waals surface area contributed by atoms with Gasteiger partial charge in [0, 0.05) is 17.2 Å². The third kappa shape index (κ3) is 3.10. The quantitative estimate of drug-likeness (QED) is 0.834. The van der Waals surface area contributed by atoms with E-state index in [9.17, 15) is 0 Å². The van der Waals surface area contributed by atoms with E-state index in [0.29, 0.717) is 10.6 Å². The van der Waals surface area contributed by atoms with Crippen LogP contribution in [0, 0.1) is 4.64 Å². The van der Waals surface area contributed by atoms with Gasteiger partial charge in [-0.1, -0.05) is 26.1 Å². The summed E-state index contributed by atoms with van der Waals surface area (Å²) in [6.07, 6.45) is 0.0426. The molecule has 3 nitrogen and oxygen atoms in total. The van der Waals surface area contributed by atoms with Crippen molar-refractivity contribution in [2.24, 2.45) is 0 Å². The van der Waals surface area contributed by atoms with E-state index in [1.165, 1.54) is 0 Å². The molecule has 1 aromatic rings. The van der Waals surface area contributed by atoms with E-state index < -0.39 is 0 Å². The van der Waals surface area contributed by atoms with Crippen molar-refractivity contribution in [3.8, 4) is 0 Å². The third-order valence-electron chi connectivity index (χ3n) is 2.61. The summed E-state index contributed by atoms with van der Waals surface area (Å²) >= 11 is 10.7. The maximum atomic E-state index is 5.72. The standard InChI is InChI=1S/C11H15BrN2OS2/c1-6(2)9-8(12)11(16)14-10(13-9)7-5-17-4-3-15-7/h6-7H,3-5H2,1-2H3,(H,13,14,16). The summed E-state index contributed by atoms with van der Waals surface area (Å²) in [5.74, 6) is 3.24. The number of aromatic amines is 1. The van der Waals surface area contributed by atoms with Gasteiger partial charge >= 0.3 is 0 Å². The molecule has 1 unspecified atom stereocenters. The number of nitrogens with zero attached hydrogens (tertiary/aromatic N) is 1. The molecule has 6 heteroatoms. The van der Waals surface area contributed by atoms with E-state index in [4.69, 9.17) is 17.0 Å². The molecular formula is C11H15BrN2OS2. The van der Waals surface area contributed by atoms with Crippen LogP contribution in [0.1, 0.15) is 37.4 Å². The van der Waals surface area contributed by atoms with Crippen molar-refractivity contribution in [2.45, 2.75) is 25.9 Å². The fourth-order valence-corrected chi connectivity index (χ4v) is 3.39. The molecule has 0 amide bonds. The van der Waals surface area contributed by atoms with Gasteiger partial charge in [-0.3, -0.25) is 0 Å². The topological polar surface area (TPSA) is 37.9 Å². The summed E-state index contributed by atoms with van der Waals surface area (Å²) < 4.78 is 7.23. The Morgan fingerprint density at radius 3 is 2.94 bits per heavy atom. The first-order valence-corrected chi connectivity index (χ1v) is 7.94. The highest BCUT2D eigenvalue weighted by atomic mass is 79.9. The third-order valence-corrected chi connectivity index (χ3v) is 4.96. The first-order chi connectivity index (χ1) is 8.09. The van der Waals surface area contributed by atoms with Gasteiger partial charge in [0.15, 0.2) is 0 Å². The van der Waals surface area contributed by atoms with Gasteiger partial charge in [0.1, 0.15) is 16.6 Å². The minimum atomic E-state index is 0.0426. The second kappa shape index (κ2) is 5.82. The number of aromatic nitrogens is 2. The van der Waals surface area contributed by atoms with Gasteiger partial charge in [0.2, 0.25) is 0 Å². The van der Waals surface area contributed by atoms with Gasteiger partial charge in [-0.25, -0.2) is 4.98 Å². The highest BCUT2D eigenvalue weighted by Gasteiger charge is 2.20. The lowest BCUT2D eigenvalue weighted by Crippen LogP contribution is -2.19. The monoisotopic (exact) mass is 334 g/mol. The van der Waals surface area contributed by atoms with Crippen LogP contribution in [-0.4, -0.2) is 28.1 Å². The Morgan fingerprint density at radius 1 is 1.59 bits per heavy atom. The van der Waals surface area contributed by atoms with Crippen LogP contribution >= 0.6 is 39.9 Å². The lowest BCUT2D eigenvalue weighted by molar-refractivity contribution is 0.0691. The molecule has 1 fully saturated rings. The Morgan fingerprint density at radius 2 is 2.35 bits per heavy atom. The Hall–Kier alpha value is 0.0900. The van der Waals surface area contributed by atoms with E-state index in [1.54, 1.807) is 0 Å². The lowest BCUT2D eigenvalue weighted by Gasteiger charge is -2.22. The Kier molecular flexibility index (Phi) is 4.63. The van der Waals surface area contributed by atoms with Gasteiger partial charge in [0.05, 0.1) is 11.1 Å². The van der Waals surface area contributed by atoms with Crippen molar-refractivity contribution >= 4 is 39.9 Å². The molecule has 94 valence electrons. The van der Waals surface area contributed by atoms with E-state index in [0.717, 1.165) is 34.1 Å². The molecule has 17 heavy (non-hydrogen) atoms. The Balaban J connectivity index is 2.37. The molecule has 0 aliphatic carbocycles. The van der Waals surface area contributed by atoms with Crippen LogP contribution in [-0.2, 0) is 4.74 Å². The van der Waals surface area contributed by atoms with Crippen LogP contribution in [0.3, 0.4) is 0 Å². The Bertz CT molecular complexity index is 455. The molecule has 0 spiro atoms. The summed E-state index contributed by atoms with van der Waals surface area (Å²) in [6, 6.07) is 0. The van der Waals surface area contributed by atoms with Crippen molar-refractivity contribution in [3.05, 3.63) is 20.6 Å². The molecule has 1 aromatic heterocycles. The fourth-order valence-electron chi connectivity index (χ4n) is 1.69. The van der Waals surface area contributed by atoms with Gasteiger partial charge in [-0.15, -0.1) is 0 Å². The van der Waals surface area contributed by atoms with Crippen LogP contribution in [0.25, 0.3) is 0 Å². The summed E-state index contributed by atoms with van der Waals surface area (Å²) in [6.45, 7) is 5.04. The van der Waals surface area contributed by atoms with Crippen LogP contribution in [0.5, 0.6) is 0 Å². The van der Waals surface area contributed by atoms with E-state index >= 15 is 0 Å². The number of hydrogen-bond acceptors (Lipinski definition) is 4. The van der Waals surface area contributed by atoms with Crippen molar-refractivity contribution in [1.82, 2.24) is 9.97 Å². The highest BCUT2D eigenvalue weighted by molar-refractivity contribution is 9.10. The largest absolute Gasteiger partial charge is 0.369 e. The molecule has 2 rings (SSSR count). The van der Waals surface area contributed by atoms with Crippen LogP contribution < -0.4 is 0 Å². The molecule has 1 aliphatic rings. The number of thioether (sulfide) groups is 1. The molecule has 1 atom stereocenters. The minimum absolute atomic E-state index is 0.0426. The van der Waals surface area contributed by atoms with Crippen LogP contribution in [0.15, 0.2) is 4.47 Å². The predicted octanol–water partition coefficient (Wildman–Crippen LogP) is 3.83. The zero-order valence-electron chi connectivity index (χ0n) is 9.83. The smallest absolute Gasteiger partial charge is 0.144 e. The van der Waals surface area contributed by atoms with E-state index in [2.05, 4.69) is 39.7 Å². The van der Waals surface area contributed by atoms with Crippen molar-refractivity contribution in [2.75, 3.05) is 18.1 Å². The normalized spacial score (nSPS) is 20.8. The summed E-state index contributed by atoms with van der Waals surface area (Å²) in [5, 5.41) is 0. The molecule has 1 N–H and O–H groups in total. The molecule has 0 saturated carbocycles. The zero-order valence-corrected chi connectivity index (χ0v) is 13.0. The minimum Gasteiger partial charge on any atom is -0.369 e. The number of H-pyrrole nitrogens is 1. The van der Waals surface area contributed by atoms with Crippen molar-refractivity contribution in [1.29, 1.82) is 0 Å². The molecular weight excluding hydrogens is 320 g/mol. The first kappa shape index (κ1) is 13.5. The van der Waals surface area contributed by atoms with E-state index in [1.807, 2.05) is 11.8 Å². The number of hydrogen-bond donors (Lipinski definition) is 1. The lowest BCUT2D eigenvalue weighted by atomic mass is 10.1. The predicted molar refractivity (Wildman–Crippen MR) is 77.2 cm³/mol. The van der Waals surface area contributed by atoms with Gasteiger partial charge in [-0.05, 0) is 21.8 Å². The van der Waals surface area contributed by atoms with E-state index in [-0.39, 0.29) is 6.10 Å². The number of ether oxygens (including phenoxy) is 1.